The van der Waals surface area contributed by atoms with Crippen molar-refractivity contribution < 1.29 is 9.53 Å². The lowest BCUT2D eigenvalue weighted by Gasteiger charge is -2.27. The number of para-hydroxylation sites is 1. The molecule has 150 valence electrons. The lowest BCUT2D eigenvalue weighted by Crippen LogP contribution is -2.40. The Labute approximate surface area is 171 Å². The predicted molar refractivity (Wildman–Crippen MR) is 112 cm³/mol. The maximum Gasteiger partial charge on any atom is 0.244 e. The molecule has 0 radical (unpaired) electrons. The van der Waals surface area contributed by atoms with Gasteiger partial charge in [-0.1, -0.05) is 29.8 Å². The number of halogens is 1. The van der Waals surface area contributed by atoms with Crippen molar-refractivity contribution in [3.63, 3.8) is 0 Å². The molecule has 0 aliphatic carbocycles. The van der Waals surface area contributed by atoms with E-state index in [9.17, 15) is 4.79 Å². The summed E-state index contributed by atoms with van der Waals surface area (Å²) in [6.07, 6.45) is 4.16. The van der Waals surface area contributed by atoms with E-state index in [4.69, 9.17) is 16.3 Å². The van der Waals surface area contributed by atoms with Crippen molar-refractivity contribution in [3.05, 3.63) is 52.8 Å². The molecule has 0 bridgehead atoms. The summed E-state index contributed by atoms with van der Waals surface area (Å²) < 4.78 is 7.04. The first-order valence-electron chi connectivity index (χ1n) is 9.64. The summed E-state index contributed by atoms with van der Waals surface area (Å²) in [4.78, 5) is 14.6. The number of amides is 1. The van der Waals surface area contributed by atoms with Crippen LogP contribution in [0.5, 0.6) is 0 Å². The monoisotopic (exact) mass is 402 g/mol. The van der Waals surface area contributed by atoms with E-state index in [1.54, 1.807) is 10.8 Å². The third-order valence-electron chi connectivity index (χ3n) is 4.82. The second-order valence-corrected chi connectivity index (χ2v) is 7.38. The fraction of sp³-hybridized carbons (Fsp3) is 0.429. The van der Waals surface area contributed by atoms with Gasteiger partial charge in [-0.25, -0.2) is 4.68 Å². The minimum atomic E-state index is -0.127. The van der Waals surface area contributed by atoms with E-state index in [-0.39, 0.29) is 11.9 Å². The molecule has 1 aromatic carbocycles. The molecule has 6 nitrogen and oxygen atoms in total. The molecule has 1 aliphatic rings. The Bertz CT molecular complexity index is 813. The van der Waals surface area contributed by atoms with Gasteiger partial charge in [-0.3, -0.25) is 9.69 Å². The van der Waals surface area contributed by atoms with E-state index in [1.165, 1.54) is 6.08 Å². The van der Waals surface area contributed by atoms with Gasteiger partial charge in [0.2, 0.25) is 5.91 Å². The average Bonchev–Trinajstić information content (AvgIpc) is 3.00. The topological polar surface area (TPSA) is 59.4 Å². The van der Waals surface area contributed by atoms with Crippen LogP contribution in [0.2, 0.25) is 5.15 Å². The fourth-order valence-corrected chi connectivity index (χ4v) is 3.50. The third-order valence-corrected chi connectivity index (χ3v) is 5.18. The zero-order chi connectivity index (χ0) is 19.9. The Hall–Kier alpha value is -2.15. The largest absolute Gasteiger partial charge is 0.379 e. The summed E-state index contributed by atoms with van der Waals surface area (Å²) in [6, 6.07) is 9.79. The van der Waals surface area contributed by atoms with Gasteiger partial charge in [0.1, 0.15) is 5.15 Å². The van der Waals surface area contributed by atoms with Gasteiger partial charge in [0, 0.05) is 37.3 Å². The Kier molecular flexibility index (Phi) is 7.25. The summed E-state index contributed by atoms with van der Waals surface area (Å²) in [5, 5.41) is 7.99. The predicted octanol–water partition coefficient (Wildman–Crippen LogP) is 3.07. The van der Waals surface area contributed by atoms with Crippen molar-refractivity contribution in [2.24, 2.45) is 0 Å². The number of nitrogens with zero attached hydrogens (tertiary/aromatic N) is 3. The van der Waals surface area contributed by atoms with Gasteiger partial charge in [0.15, 0.2) is 0 Å². The van der Waals surface area contributed by atoms with Crippen LogP contribution < -0.4 is 5.32 Å². The molecule has 3 rings (SSSR count). The first-order chi connectivity index (χ1) is 13.5. The third kappa shape index (κ3) is 5.44. The molecule has 1 aromatic heterocycles. The van der Waals surface area contributed by atoms with Crippen LogP contribution in [0.3, 0.4) is 0 Å². The number of rotatable bonds is 7. The zero-order valence-electron chi connectivity index (χ0n) is 16.4. The summed E-state index contributed by atoms with van der Waals surface area (Å²) in [5.41, 5.74) is 2.41. The molecule has 1 unspecified atom stereocenters. The normalized spacial score (nSPS) is 16.4. The van der Waals surface area contributed by atoms with Crippen molar-refractivity contribution in [1.29, 1.82) is 0 Å². The highest BCUT2D eigenvalue weighted by Gasteiger charge is 2.14. The van der Waals surface area contributed by atoms with E-state index in [1.807, 2.05) is 44.2 Å². The molecule has 0 spiro atoms. The van der Waals surface area contributed by atoms with Crippen LogP contribution in [0.15, 0.2) is 36.4 Å². The van der Waals surface area contributed by atoms with Crippen molar-refractivity contribution >= 4 is 23.6 Å². The highest BCUT2D eigenvalue weighted by atomic mass is 35.5. The second-order valence-electron chi connectivity index (χ2n) is 7.02. The summed E-state index contributed by atoms with van der Waals surface area (Å²) >= 11 is 6.49. The number of hydrogen-bond donors (Lipinski definition) is 1. The molecule has 2 aromatic rings. The molecule has 1 atom stereocenters. The minimum absolute atomic E-state index is 0.101. The van der Waals surface area contributed by atoms with Gasteiger partial charge in [0.25, 0.3) is 0 Å². The lowest BCUT2D eigenvalue weighted by molar-refractivity contribution is -0.117. The van der Waals surface area contributed by atoms with Crippen molar-refractivity contribution in [2.45, 2.75) is 26.3 Å². The van der Waals surface area contributed by atoms with Crippen LogP contribution >= 0.6 is 11.6 Å². The Morgan fingerprint density at radius 1 is 1.32 bits per heavy atom. The summed E-state index contributed by atoms with van der Waals surface area (Å²) in [5.74, 6) is -0.127. The molecule has 28 heavy (non-hydrogen) atoms. The molecule has 7 heteroatoms. The molecular weight excluding hydrogens is 376 g/mol. The van der Waals surface area contributed by atoms with Gasteiger partial charge in [0.05, 0.1) is 24.6 Å². The maximum atomic E-state index is 12.3. The van der Waals surface area contributed by atoms with Crippen LogP contribution in [0.25, 0.3) is 11.8 Å². The Morgan fingerprint density at radius 2 is 2.04 bits per heavy atom. The molecule has 1 saturated heterocycles. The number of hydrogen-bond acceptors (Lipinski definition) is 4. The SMILES string of the molecule is Cc1nn(-c2ccccc2)c(Cl)c1C=CC(=O)NC(C)CCN1CCOCC1. The fourth-order valence-electron chi connectivity index (χ4n) is 3.16. The Balaban J connectivity index is 1.56. The maximum absolute atomic E-state index is 12.3. The molecule has 1 amide bonds. The molecule has 1 N–H and O–H groups in total. The van der Waals surface area contributed by atoms with E-state index < -0.39 is 0 Å². The van der Waals surface area contributed by atoms with Gasteiger partial charge in [-0.15, -0.1) is 0 Å². The number of morpholine rings is 1. The van der Waals surface area contributed by atoms with E-state index in [0.717, 1.165) is 56.2 Å². The quantitative estimate of drug-likeness (QED) is 0.723. The molecule has 1 aliphatic heterocycles. The number of aryl methyl sites for hydroxylation is 1. The molecule has 1 fully saturated rings. The van der Waals surface area contributed by atoms with E-state index in [2.05, 4.69) is 15.3 Å². The molecule has 2 heterocycles. The van der Waals surface area contributed by atoms with Crippen LogP contribution in [-0.2, 0) is 9.53 Å². The number of ether oxygens (including phenoxy) is 1. The minimum Gasteiger partial charge on any atom is -0.379 e. The zero-order valence-corrected chi connectivity index (χ0v) is 17.2. The van der Waals surface area contributed by atoms with Crippen LogP contribution in [0, 0.1) is 6.92 Å². The van der Waals surface area contributed by atoms with Crippen LogP contribution in [0.4, 0.5) is 0 Å². The standard InChI is InChI=1S/C21H27ClN4O2/c1-16(10-11-25-12-14-28-15-13-25)23-20(27)9-8-19-17(2)24-26(21(19)22)18-6-4-3-5-7-18/h3-9,16H,10-15H2,1-2H3,(H,23,27). The Morgan fingerprint density at radius 3 is 2.75 bits per heavy atom. The molecular formula is C21H27ClN4O2. The first kappa shape index (κ1) is 20.6. The lowest BCUT2D eigenvalue weighted by atomic mass is 10.2. The number of carbonyl (C=O) groups excluding carboxylic acids is 1. The summed E-state index contributed by atoms with van der Waals surface area (Å²) in [7, 11) is 0. The second kappa shape index (κ2) is 9.87. The van der Waals surface area contributed by atoms with Gasteiger partial charge in [-0.2, -0.15) is 5.10 Å². The smallest absolute Gasteiger partial charge is 0.244 e. The first-order valence-corrected chi connectivity index (χ1v) is 10.0. The van der Waals surface area contributed by atoms with E-state index >= 15 is 0 Å². The van der Waals surface area contributed by atoms with Crippen molar-refractivity contribution in [1.82, 2.24) is 20.0 Å². The highest BCUT2D eigenvalue weighted by molar-refractivity contribution is 6.31. The van der Waals surface area contributed by atoms with Crippen LogP contribution in [-0.4, -0.2) is 59.5 Å². The number of nitrogens with one attached hydrogen (secondary N) is 1. The van der Waals surface area contributed by atoms with Crippen LogP contribution in [0.1, 0.15) is 24.6 Å². The van der Waals surface area contributed by atoms with Crippen molar-refractivity contribution in [2.75, 3.05) is 32.8 Å². The average molecular weight is 403 g/mol. The van der Waals surface area contributed by atoms with Crippen molar-refractivity contribution in [3.8, 4) is 5.69 Å². The highest BCUT2D eigenvalue weighted by Crippen LogP contribution is 2.24. The number of aromatic nitrogens is 2. The number of carbonyl (C=O) groups is 1. The summed E-state index contributed by atoms with van der Waals surface area (Å²) in [6.45, 7) is 8.38. The van der Waals surface area contributed by atoms with Gasteiger partial charge in [-0.05, 0) is 38.5 Å². The van der Waals surface area contributed by atoms with Gasteiger partial charge < -0.3 is 10.1 Å². The number of benzene rings is 1. The van der Waals surface area contributed by atoms with Gasteiger partial charge >= 0.3 is 0 Å². The molecule has 0 saturated carbocycles. The van der Waals surface area contributed by atoms with E-state index in [0.29, 0.717) is 5.15 Å².